The molecule has 1 aromatic heterocycles. The Kier molecular flexibility index (Phi) is 18.3. The zero-order chi connectivity index (χ0) is 30.0. The maximum atomic E-state index is 12.8. The molecule has 0 aliphatic heterocycles. The average molecular weight is 674 g/mol. The smallest absolute Gasteiger partial charge is 0.225 e. The molecule has 0 aliphatic rings. The molecule has 0 bridgehead atoms. The quantitative estimate of drug-likeness (QED) is 0.102. The zero-order valence-corrected chi connectivity index (χ0v) is 29.3. The van der Waals surface area contributed by atoms with Crippen molar-refractivity contribution in [3.8, 4) is 11.5 Å². The van der Waals surface area contributed by atoms with Crippen LogP contribution in [0.2, 0.25) is 0 Å². The number of unbranched alkanes of at least 4 members (excludes halogenated alkanes) is 11. The Labute approximate surface area is 275 Å². The summed E-state index contributed by atoms with van der Waals surface area (Å²) < 4.78 is 13.9. The van der Waals surface area contributed by atoms with Crippen LogP contribution >= 0.6 is 11.3 Å². The molecule has 0 radical (unpaired) electrons. The number of halogens is 1. The monoisotopic (exact) mass is 672 g/mol. The number of thiazole rings is 1. The number of methoxy groups -OCH3 is 1. The highest BCUT2D eigenvalue weighted by molar-refractivity contribution is 7.09. The number of anilines is 1. The van der Waals surface area contributed by atoms with Gasteiger partial charge in [-0.1, -0.05) is 113 Å². The number of para-hydroxylation sites is 1. The van der Waals surface area contributed by atoms with E-state index >= 15 is 0 Å². The van der Waals surface area contributed by atoms with Gasteiger partial charge in [-0.15, -0.1) is 0 Å². The number of nitrogens with zero attached hydrogens (tertiary/aromatic N) is 2. The summed E-state index contributed by atoms with van der Waals surface area (Å²) >= 11 is 1.73. The number of carbonyl (C=O) groups excluding carboxylic acids is 1. The SMILES string of the molecule is CCCCCCCCCCCCCCOc1cc(CCN(C(C)=O)c2ccccc2C[n+]2csc(C)c2)ccc1OC.[Br-]. The molecule has 1 amide bonds. The zero-order valence-electron chi connectivity index (χ0n) is 26.9. The number of carbonyl (C=O) groups is 1. The maximum absolute atomic E-state index is 12.8. The van der Waals surface area contributed by atoms with Crippen molar-refractivity contribution in [1.82, 2.24) is 0 Å². The first-order chi connectivity index (χ1) is 20.5. The van der Waals surface area contributed by atoms with Crippen molar-refractivity contribution >= 4 is 22.9 Å². The van der Waals surface area contributed by atoms with Crippen LogP contribution < -0.4 is 35.9 Å². The lowest BCUT2D eigenvalue weighted by Gasteiger charge is -2.23. The third kappa shape index (κ3) is 13.4. The molecule has 0 spiro atoms. The van der Waals surface area contributed by atoms with Gasteiger partial charge in [0.1, 0.15) is 0 Å². The van der Waals surface area contributed by atoms with Gasteiger partial charge in [0.05, 0.1) is 24.3 Å². The van der Waals surface area contributed by atoms with E-state index in [1.54, 1.807) is 25.4 Å². The fraction of sp³-hybridized carbons (Fsp3) is 0.556. The van der Waals surface area contributed by atoms with Crippen LogP contribution in [0.15, 0.2) is 54.2 Å². The number of hydrogen-bond donors (Lipinski definition) is 0. The lowest BCUT2D eigenvalue weighted by Crippen LogP contribution is -3.00. The summed E-state index contributed by atoms with van der Waals surface area (Å²) in [6.45, 7) is 8.08. The Balaban J connectivity index is 0.00000645. The predicted octanol–water partition coefficient (Wildman–Crippen LogP) is 6.08. The Hall–Kier alpha value is -2.38. The largest absolute Gasteiger partial charge is 1.00 e. The minimum Gasteiger partial charge on any atom is -1.00 e. The topological polar surface area (TPSA) is 42.7 Å². The standard InChI is InChI=1S/C36H53N2O3S.BrH/c1-5-6-7-8-9-10-11-12-13-14-15-18-25-41-36-26-32(21-22-35(36)40-4)23-24-38(31(3)39)34-20-17-16-19-33(34)28-37-27-30(2)42-29-37;/h16-17,19-22,26-27,29H,5-15,18,23-25,28H2,1-4H3;1H/q+1;/p-1. The number of aryl methyl sites for hydroxylation is 1. The van der Waals surface area contributed by atoms with Crippen molar-refractivity contribution in [2.24, 2.45) is 0 Å². The molecule has 0 fully saturated rings. The third-order valence-corrected chi connectivity index (χ3v) is 8.70. The van der Waals surface area contributed by atoms with Crippen LogP contribution in [0, 0.1) is 6.92 Å². The first kappa shape index (κ1) is 36.8. The summed E-state index contributed by atoms with van der Waals surface area (Å²) in [4.78, 5) is 15.9. The molecule has 0 saturated heterocycles. The maximum Gasteiger partial charge on any atom is 0.225 e. The second kappa shape index (κ2) is 21.3. The first-order valence-corrected chi connectivity index (χ1v) is 17.0. The number of rotatable bonds is 21. The first-order valence-electron chi connectivity index (χ1n) is 16.1. The highest BCUT2D eigenvalue weighted by atomic mass is 79.9. The number of ether oxygens (including phenoxy) is 2. The van der Waals surface area contributed by atoms with E-state index < -0.39 is 0 Å². The minimum absolute atomic E-state index is 0. The highest BCUT2D eigenvalue weighted by Crippen LogP contribution is 2.29. The van der Waals surface area contributed by atoms with Crippen molar-refractivity contribution in [2.45, 2.75) is 111 Å². The molecule has 5 nitrogen and oxygen atoms in total. The van der Waals surface area contributed by atoms with Gasteiger partial charge in [-0.2, -0.15) is 4.57 Å². The van der Waals surface area contributed by atoms with Crippen LogP contribution in [0.5, 0.6) is 11.5 Å². The van der Waals surface area contributed by atoms with Gasteiger partial charge in [0.2, 0.25) is 11.4 Å². The third-order valence-electron chi connectivity index (χ3n) is 7.84. The summed E-state index contributed by atoms with van der Waals surface area (Å²) in [6, 6.07) is 14.3. The van der Waals surface area contributed by atoms with Gasteiger partial charge in [0.15, 0.2) is 24.2 Å². The van der Waals surface area contributed by atoms with E-state index in [0.29, 0.717) is 13.2 Å². The predicted molar refractivity (Wildman–Crippen MR) is 176 cm³/mol. The number of aromatic nitrogens is 1. The molecule has 1 heterocycles. The normalized spacial score (nSPS) is 10.8. The molecular weight excluding hydrogens is 620 g/mol. The van der Waals surface area contributed by atoms with Gasteiger partial charge in [0, 0.05) is 19.0 Å². The highest BCUT2D eigenvalue weighted by Gasteiger charge is 2.18. The van der Waals surface area contributed by atoms with Gasteiger partial charge in [-0.3, -0.25) is 4.79 Å². The fourth-order valence-corrected chi connectivity index (χ4v) is 6.07. The van der Waals surface area contributed by atoms with Crippen molar-refractivity contribution in [3.63, 3.8) is 0 Å². The fourth-order valence-electron chi connectivity index (χ4n) is 5.44. The molecule has 0 unspecified atom stereocenters. The van der Waals surface area contributed by atoms with E-state index in [0.717, 1.165) is 47.7 Å². The van der Waals surface area contributed by atoms with Gasteiger partial charge in [-0.05, 0) is 43.5 Å². The molecule has 0 N–H and O–H groups in total. The molecule has 3 aromatic rings. The van der Waals surface area contributed by atoms with Crippen LogP contribution in [-0.2, 0) is 17.8 Å². The Morgan fingerprint density at radius 2 is 1.53 bits per heavy atom. The lowest BCUT2D eigenvalue weighted by molar-refractivity contribution is -0.683. The van der Waals surface area contributed by atoms with Crippen molar-refractivity contribution in [2.75, 3.05) is 25.2 Å². The number of hydrogen-bond acceptors (Lipinski definition) is 4. The van der Waals surface area contributed by atoms with E-state index in [2.05, 4.69) is 48.3 Å². The summed E-state index contributed by atoms with van der Waals surface area (Å²) in [7, 11) is 1.69. The Morgan fingerprint density at radius 1 is 0.884 bits per heavy atom. The second-order valence-electron chi connectivity index (χ2n) is 11.4. The van der Waals surface area contributed by atoms with Crippen molar-refractivity contribution < 1.29 is 35.8 Å². The van der Waals surface area contributed by atoms with E-state index in [4.69, 9.17) is 9.47 Å². The van der Waals surface area contributed by atoms with E-state index in [1.807, 2.05) is 29.2 Å². The number of amides is 1. The lowest BCUT2D eigenvalue weighted by atomic mass is 10.1. The van der Waals surface area contributed by atoms with Gasteiger partial charge in [0.25, 0.3) is 0 Å². The molecule has 0 atom stereocenters. The average Bonchev–Trinajstić information content (AvgIpc) is 3.40. The van der Waals surface area contributed by atoms with E-state index in [1.165, 1.54) is 75.5 Å². The van der Waals surface area contributed by atoms with Crippen LogP contribution in [0.3, 0.4) is 0 Å². The number of benzene rings is 2. The van der Waals surface area contributed by atoms with Gasteiger partial charge < -0.3 is 31.4 Å². The van der Waals surface area contributed by atoms with Gasteiger partial charge in [-0.25, -0.2) is 0 Å². The van der Waals surface area contributed by atoms with Crippen LogP contribution in [-0.4, -0.2) is 26.2 Å². The molecule has 0 aliphatic carbocycles. The molecule has 2 aromatic carbocycles. The molecule has 3 rings (SSSR count). The van der Waals surface area contributed by atoms with Crippen molar-refractivity contribution in [1.29, 1.82) is 0 Å². The second-order valence-corrected chi connectivity index (χ2v) is 12.5. The Bertz CT molecular complexity index is 1200. The minimum atomic E-state index is 0. The van der Waals surface area contributed by atoms with Crippen LogP contribution in [0.4, 0.5) is 5.69 Å². The molecule has 7 heteroatoms. The molecule has 238 valence electrons. The van der Waals surface area contributed by atoms with Crippen molar-refractivity contribution in [3.05, 3.63) is 70.2 Å². The summed E-state index contributed by atoms with van der Waals surface area (Å²) in [5.74, 6) is 1.59. The Morgan fingerprint density at radius 3 is 2.14 bits per heavy atom. The van der Waals surface area contributed by atoms with E-state index in [9.17, 15) is 4.79 Å². The van der Waals surface area contributed by atoms with Crippen LogP contribution in [0.1, 0.15) is 107 Å². The van der Waals surface area contributed by atoms with E-state index in [-0.39, 0.29) is 22.9 Å². The summed E-state index contributed by atoms with van der Waals surface area (Å²) in [5.41, 5.74) is 5.36. The summed E-state index contributed by atoms with van der Waals surface area (Å²) in [5, 5.41) is 0. The molecule has 0 saturated carbocycles. The van der Waals surface area contributed by atoms with Gasteiger partial charge >= 0.3 is 0 Å². The summed E-state index contributed by atoms with van der Waals surface area (Å²) in [6.07, 6.45) is 18.8. The molecular formula is C36H53BrN2O3S. The molecule has 43 heavy (non-hydrogen) atoms. The van der Waals surface area contributed by atoms with Crippen LogP contribution in [0.25, 0.3) is 0 Å².